The van der Waals surface area contributed by atoms with Gasteiger partial charge < -0.3 is 10.1 Å². The van der Waals surface area contributed by atoms with Gasteiger partial charge in [-0.1, -0.05) is 23.7 Å². The quantitative estimate of drug-likeness (QED) is 0.618. The molecule has 118 valence electrons. The zero-order valence-electron chi connectivity index (χ0n) is 12.3. The number of halogens is 1. The van der Waals surface area contributed by atoms with Gasteiger partial charge in [-0.25, -0.2) is 4.79 Å². The number of hydrogen-bond acceptors (Lipinski definition) is 4. The maximum Gasteiger partial charge on any atom is 0.333 e. The molecule has 1 aromatic carbocycles. The van der Waals surface area contributed by atoms with E-state index in [1.165, 1.54) is 0 Å². The highest BCUT2D eigenvalue weighted by Gasteiger charge is 2.32. The van der Waals surface area contributed by atoms with E-state index in [-0.39, 0.29) is 24.7 Å². The molecule has 1 atom stereocenters. The van der Waals surface area contributed by atoms with Gasteiger partial charge >= 0.3 is 5.97 Å². The zero-order chi connectivity index (χ0) is 16.1. The number of benzene rings is 1. The fraction of sp³-hybridized carbons (Fsp3) is 0.438. The van der Waals surface area contributed by atoms with E-state index in [9.17, 15) is 14.4 Å². The summed E-state index contributed by atoms with van der Waals surface area (Å²) in [6.45, 7) is 1.90. The summed E-state index contributed by atoms with van der Waals surface area (Å²) in [4.78, 5) is 35.7. The molecule has 1 fully saturated rings. The van der Waals surface area contributed by atoms with Crippen LogP contribution in [-0.2, 0) is 19.1 Å². The predicted octanol–water partition coefficient (Wildman–Crippen LogP) is 2.43. The third kappa shape index (κ3) is 4.56. The fourth-order valence-electron chi connectivity index (χ4n) is 2.08. The van der Waals surface area contributed by atoms with Crippen molar-refractivity contribution in [2.24, 2.45) is 5.92 Å². The summed E-state index contributed by atoms with van der Waals surface area (Å²) in [6, 6.07) is 5.62. The van der Waals surface area contributed by atoms with Crippen molar-refractivity contribution < 1.29 is 19.1 Å². The molecule has 0 radical (unpaired) electrons. The summed E-state index contributed by atoms with van der Waals surface area (Å²) in [5, 5.41) is 3.10. The molecule has 0 aromatic heterocycles. The van der Waals surface area contributed by atoms with Gasteiger partial charge in [-0.2, -0.15) is 0 Å². The molecule has 5 nitrogen and oxygen atoms in total. The predicted molar refractivity (Wildman–Crippen MR) is 81.3 cm³/mol. The first-order valence-corrected chi connectivity index (χ1v) is 7.63. The zero-order valence-corrected chi connectivity index (χ0v) is 13.1. The Morgan fingerprint density at radius 2 is 1.91 bits per heavy atom. The number of amides is 1. The van der Waals surface area contributed by atoms with Crippen LogP contribution in [0.15, 0.2) is 24.3 Å². The number of nitrogens with one attached hydrogen (secondary N) is 1. The summed E-state index contributed by atoms with van der Waals surface area (Å²) in [7, 11) is 0. The highest BCUT2D eigenvalue weighted by Crippen LogP contribution is 2.30. The number of Topliss-reactive ketones (excluding diaryl/α,β-unsaturated/α-hetero) is 1. The number of esters is 1. The molecule has 6 heteroatoms. The van der Waals surface area contributed by atoms with E-state index in [1.54, 1.807) is 31.2 Å². The molecule has 1 aliphatic carbocycles. The Bertz CT molecular complexity index is 566. The summed E-state index contributed by atoms with van der Waals surface area (Å²) in [5.74, 6) is -1.08. The normalized spacial score (nSPS) is 15.0. The van der Waals surface area contributed by atoms with Crippen molar-refractivity contribution >= 4 is 29.3 Å². The Morgan fingerprint density at radius 3 is 2.45 bits per heavy atom. The average molecular weight is 324 g/mol. The van der Waals surface area contributed by atoms with E-state index in [1.807, 2.05) is 0 Å². The van der Waals surface area contributed by atoms with Crippen LogP contribution < -0.4 is 5.32 Å². The molecule has 0 bridgehead atoms. The van der Waals surface area contributed by atoms with E-state index in [4.69, 9.17) is 16.3 Å². The number of hydrogen-bond donors (Lipinski definition) is 1. The van der Waals surface area contributed by atoms with Gasteiger partial charge in [0, 0.05) is 10.9 Å². The third-order valence-electron chi connectivity index (χ3n) is 3.40. The lowest BCUT2D eigenvalue weighted by Gasteiger charge is -2.17. The van der Waals surface area contributed by atoms with Crippen LogP contribution >= 0.6 is 11.6 Å². The Morgan fingerprint density at radius 1 is 1.27 bits per heavy atom. The van der Waals surface area contributed by atoms with Crippen LogP contribution in [0.25, 0.3) is 0 Å². The lowest BCUT2D eigenvalue weighted by Crippen LogP contribution is -2.36. The van der Waals surface area contributed by atoms with Gasteiger partial charge in [-0.3, -0.25) is 9.59 Å². The summed E-state index contributed by atoms with van der Waals surface area (Å²) < 4.78 is 4.98. The minimum Gasteiger partial charge on any atom is -0.464 e. The molecule has 0 saturated heterocycles. The monoisotopic (exact) mass is 323 g/mol. The van der Waals surface area contributed by atoms with Gasteiger partial charge in [0.25, 0.3) is 0 Å². The standard InChI is InChI=1S/C16H18ClNO4/c1-2-22-16(21)15(11-5-7-12(17)8-6-11)18-14(20)9-13(19)10-3-4-10/h5-8,10,15H,2-4,9H2,1H3,(H,18,20). The highest BCUT2D eigenvalue weighted by atomic mass is 35.5. The number of rotatable bonds is 7. The van der Waals surface area contributed by atoms with Gasteiger partial charge in [0.15, 0.2) is 6.04 Å². The first kappa shape index (κ1) is 16.5. The second-order valence-electron chi connectivity index (χ2n) is 5.22. The van der Waals surface area contributed by atoms with Crippen molar-refractivity contribution in [3.05, 3.63) is 34.9 Å². The molecular formula is C16H18ClNO4. The van der Waals surface area contributed by atoms with Crippen LogP contribution in [0.2, 0.25) is 5.02 Å². The lowest BCUT2D eigenvalue weighted by atomic mass is 10.1. The van der Waals surface area contributed by atoms with Crippen LogP contribution in [0.3, 0.4) is 0 Å². The molecule has 1 aliphatic rings. The van der Waals surface area contributed by atoms with Crippen LogP contribution in [0.5, 0.6) is 0 Å². The van der Waals surface area contributed by atoms with Crippen LogP contribution in [0.1, 0.15) is 37.8 Å². The minimum absolute atomic E-state index is 0.0160. The largest absolute Gasteiger partial charge is 0.464 e. The topological polar surface area (TPSA) is 72.5 Å². The Kier molecular flexibility index (Phi) is 5.55. The number of ketones is 1. The molecule has 2 rings (SSSR count). The SMILES string of the molecule is CCOC(=O)C(NC(=O)CC(=O)C1CC1)c1ccc(Cl)cc1. The van der Waals surface area contributed by atoms with Crippen molar-refractivity contribution in [1.29, 1.82) is 0 Å². The van der Waals surface area contributed by atoms with E-state index in [2.05, 4.69) is 5.32 Å². The van der Waals surface area contributed by atoms with Crippen molar-refractivity contribution in [3.8, 4) is 0 Å². The Labute approximate surface area is 134 Å². The van der Waals surface area contributed by atoms with Crippen LogP contribution in [0.4, 0.5) is 0 Å². The van der Waals surface area contributed by atoms with Gasteiger partial charge in [-0.15, -0.1) is 0 Å². The summed E-state index contributed by atoms with van der Waals surface area (Å²) in [5.41, 5.74) is 0.565. The van der Waals surface area contributed by atoms with Crippen LogP contribution in [-0.4, -0.2) is 24.3 Å². The molecule has 22 heavy (non-hydrogen) atoms. The molecule has 0 aliphatic heterocycles. The van der Waals surface area contributed by atoms with Gasteiger partial charge in [0.2, 0.25) is 5.91 Å². The molecule has 0 heterocycles. The maximum atomic E-state index is 12.0. The van der Waals surface area contributed by atoms with Gasteiger partial charge in [-0.05, 0) is 37.5 Å². The number of ether oxygens (including phenoxy) is 1. The minimum atomic E-state index is -0.934. The van der Waals surface area contributed by atoms with E-state index in [0.717, 1.165) is 12.8 Å². The fourth-order valence-corrected chi connectivity index (χ4v) is 2.21. The maximum absolute atomic E-state index is 12.0. The first-order chi connectivity index (χ1) is 10.5. The Hall–Kier alpha value is -1.88. The van der Waals surface area contributed by atoms with Gasteiger partial charge in [0.1, 0.15) is 5.78 Å². The summed E-state index contributed by atoms with van der Waals surface area (Å²) >= 11 is 5.83. The molecule has 1 N–H and O–H groups in total. The second kappa shape index (κ2) is 7.40. The van der Waals surface area contributed by atoms with E-state index < -0.39 is 17.9 Å². The van der Waals surface area contributed by atoms with Gasteiger partial charge in [0.05, 0.1) is 13.0 Å². The second-order valence-corrected chi connectivity index (χ2v) is 5.66. The number of carbonyl (C=O) groups excluding carboxylic acids is 3. The first-order valence-electron chi connectivity index (χ1n) is 7.25. The Balaban J connectivity index is 2.06. The van der Waals surface area contributed by atoms with E-state index >= 15 is 0 Å². The molecule has 0 spiro atoms. The summed E-state index contributed by atoms with van der Waals surface area (Å²) in [6.07, 6.45) is 1.50. The van der Waals surface area contributed by atoms with Crippen molar-refractivity contribution in [1.82, 2.24) is 5.32 Å². The van der Waals surface area contributed by atoms with E-state index in [0.29, 0.717) is 10.6 Å². The van der Waals surface area contributed by atoms with Crippen molar-refractivity contribution in [2.75, 3.05) is 6.61 Å². The molecule has 1 amide bonds. The molecule has 1 saturated carbocycles. The van der Waals surface area contributed by atoms with Crippen molar-refractivity contribution in [2.45, 2.75) is 32.2 Å². The molecule has 1 unspecified atom stereocenters. The number of carbonyl (C=O) groups is 3. The lowest BCUT2D eigenvalue weighted by molar-refractivity contribution is -0.148. The highest BCUT2D eigenvalue weighted by molar-refractivity contribution is 6.30. The molecule has 1 aromatic rings. The molecular weight excluding hydrogens is 306 g/mol. The third-order valence-corrected chi connectivity index (χ3v) is 3.65. The smallest absolute Gasteiger partial charge is 0.333 e. The average Bonchev–Trinajstić information content (AvgIpc) is 3.30. The van der Waals surface area contributed by atoms with Crippen molar-refractivity contribution in [3.63, 3.8) is 0 Å². The van der Waals surface area contributed by atoms with Crippen LogP contribution in [0, 0.1) is 5.92 Å².